The number of hydrogen-bond donors (Lipinski definition) is 1. The molecular weight excluding hydrogens is 322 g/mol. The number of aliphatic hydroxyl groups excluding tert-OH is 1. The van der Waals surface area contributed by atoms with Crippen LogP contribution >= 0.6 is 0 Å². The van der Waals surface area contributed by atoms with Crippen LogP contribution in [0.15, 0.2) is 91.0 Å². The summed E-state index contributed by atoms with van der Waals surface area (Å²) in [5.41, 5.74) is 3.08. The lowest BCUT2D eigenvalue weighted by molar-refractivity contribution is -0.158. The molecule has 3 aromatic rings. The van der Waals surface area contributed by atoms with Crippen LogP contribution in [-0.2, 0) is 10.3 Å². The first-order chi connectivity index (χ1) is 12.8. The standard InChI is InChI=1S/C23H23NO2/c25-22-18-24(16-17-26-22)23(19-10-4-1-5-11-19,20-12-6-2-7-13-20)21-14-8-3-9-15-21/h1-15,22,25H,16-18H2. The van der Waals surface area contributed by atoms with Crippen molar-refractivity contribution in [1.82, 2.24) is 4.90 Å². The average molecular weight is 345 g/mol. The van der Waals surface area contributed by atoms with Crippen molar-refractivity contribution >= 4 is 0 Å². The second-order valence-electron chi connectivity index (χ2n) is 6.58. The maximum atomic E-state index is 10.2. The Hall–Kier alpha value is -2.46. The molecule has 0 amide bonds. The minimum absolute atomic E-state index is 0.457. The van der Waals surface area contributed by atoms with Crippen LogP contribution < -0.4 is 0 Å². The van der Waals surface area contributed by atoms with Gasteiger partial charge in [-0.15, -0.1) is 0 Å². The maximum Gasteiger partial charge on any atom is 0.167 e. The molecule has 132 valence electrons. The largest absolute Gasteiger partial charge is 0.367 e. The zero-order valence-electron chi connectivity index (χ0n) is 14.7. The second kappa shape index (κ2) is 7.42. The van der Waals surface area contributed by atoms with E-state index < -0.39 is 11.8 Å². The summed E-state index contributed by atoms with van der Waals surface area (Å²) in [7, 11) is 0. The molecule has 1 aliphatic heterocycles. The molecule has 0 aromatic heterocycles. The van der Waals surface area contributed by atoms with Gasteiger partial charge in [-0.25, -0.2) is 0 Å². The highest BCUT2D eigenvalue weighted by Crippen LogP contribution is 2.42. The topological polar surface area (TPSA) is 32.7 Å². The maximum absolute atomic E-state index is 10.2. The molecule has 0 saturated carbocycles. The van der Waals surface area contributed by atoms with Crippen LogP contribution in [-0.4, -0.2) is 36.0 Å². The fourth-order valence-electron chi connectivity index (χ4n) is 4.02. The van der Waals surface area contributed by atoms with E-state index in [0.717, 1.165) is 6.54 Å². The molecule has 0 aliphatic carbocycles. The summed E-state index contributed by atoms with van der Waals surface area (Å²) < 4.78 is 5.42. The van der Waals surface area contributed by atoms with E-state index in [2.05, 4.69) is 77.7 Å². The second-order valence-corrected chi connectivity index (χ2v) is 6.58. The summed E-state index contributed by atoms with van der Waals surface area (Å²) in [4.78, 5) is 2.33. The first-order valence-corrected chi connectivity index (χ1v) is 9.03. The van der Waals surface area contributed by atoms with Gasteiger partial charge in [-0.3, -0.25) is 4.90 Å². The summed E-state index contributed by atoms with van der Waals surface area (Å²) in [6.45, 7) is 1.71. The van der Waals surface area contributed by atoms with Crippen LogP contribution in [0.5, 0.6) is 0 Å². The fourth-order valence-corrected chi connectivity index (χ4v) is 4.02. The van der Waals surface area contributed by atoms with Gasteiger partial charge in [-0.2, -0.15) is 0 Å². The van der Waals surface area contributed by atoms with Crippen molar-refractivity contribution < 1.29 is 9.84 Å². The van der Waals surface area contributed by atoms with Crippen LogP contribution in [0.2, 0.25) is 0 Å². The Kier molecular flexibility index (Phi) is 4.85. The molecule has 0 bridgehead atoms. The number of aliphatic hydroxyl groups is 1. The predicted octanol–water partition coefficient (Wildman–Crippen LogP) is 3.63. The average Bonchev–Trinajstić information content (AvgIpc) is 2.71. The lowest BCUT2D eigenvalue weighted by atomic mass is 9.75. The van der Waals surface area contributed by atoms with Gasteiger partial charge in [0.2, 0.25) is 0 Å². The Bertz CT molecular complexity index is 724. The minimum Gasteiger partial charge on any atom is -0.367 e. The highest BCUT2D eigenvalue weighted by molar-refractivity contribution is 5.49. The first-order valence-electron chi connectivity index (χ1n) is 9.03. The normalized spacial score (nSPS) is 18.6. The van der Waals surface area contributed by atoms with Crippen molar-refractivity contribution in [1.29, 1.82) is 0 Å². The van der Waals surface area contributed by atoms with Crippen LogP contribution in [0.3, 0.4) is 0 Å². The third kappa shape index (κ3) is 2.95. The lowest BCUT2D eigenvalue weighted by Crippen LogP contribution is -2.55. The van der Waals surface area contributed by atoms with Gasteiger partial charge in [0.25, 0.3) is 0 Å². The number of rotatable bonds is 4. The quantitative estimate of drug-likeness (QED) is 0.733. The SMILES string of the molecule is OC1CN(C(c2ccccc2)(c2ccccc2)c2ccccc2)CCO1. The zero-order valence-corrected chi connectivity index (χ0v) is 14.7. The number of benzene rings is 3. The number of ether oxygens (including phenoxy) is 1. The molecule has 0 spiro atoms. The lowest BCUT2D eigenvalue weighted by Gasteiger charge is -2.48. The molecule has 1 N–H and O–H groups in total. The van der Waals surface area contributed by atoms with Crippen LogP contribution in [0.1, 0.15) is 16.7 Å². The summed E-state index contributed by atoms with van der Waals surface area (Å²) in [5.74, 6) is 0. The van der Waals surface area contributed by atoms with Gasteiger partial charge in [0, 0.05) is 6.54 Å². The zero-order chi connectivity index (χ0) is 17.8. The van der Waals surface area contributed by atoms with Gasteiger partial charge in [0.15, 0.2) is 6.29 Å². The summed E-state index contributed by atoms with van der Waals surface area (Å²) in [6.07, 6.45) is -0.778. The van der Waals surface area contributed by atoms with E-state index in [-0.39, 0.29) is 0 Å². The third-order valence-corrected chi connectivity index (χ3v) is 5.10. The van der Waals surface area contributed by atoms with Gasteiger partial charge in [-0.05, 0) is 16.7 Å². The van der Waals surface area contributed by atoms with Gasteiger partial charge in [-0.1, -0.05) is 91.0 Å². The predicted molar refractivity (Wildman–Crippen MR) is 103 cm³/mol. The Labute approximate surface area is 154 Å². The summed E-state index contributed by atoms with van der Waals surface area (Å²) in [5, 5.41) is 10.2. The number of β-amino-alcohol motifs (C(OH)–C–C–N with tert-alkyl or cyclic N) is 1. The van der Waals surface area contributed by atoms with E-state index in [4.69, 9.17) is 4.74 Å². The molecule has 3 heteroatoms. The highest BCUT2D eigenvalue weighted by Gasteiger charge is 2.43. The van der Waals surface area contributed by atoms with Crippen molar-refractivity contribution in [3.05, 3.63) is 108 Å². The molecule has 1 unspecified atom stereocenters. The molecule has 1 atom stereocenters. The van der Waals surface area contributed by atoms with Crippen LogP contribution in [0.25, 0.3) is 0 Å². The molecule has 1 heterocycles. The van der Waals surface area contributed by atoms with E-state index in [1.54, 1.807) is 0 Å². The van der Waals surface area contributed by atoms with Gasteiger partial charge in [0.1, 0.15) is 0 Å². The molecule has 1 aliphatic rings. The van der Waals surface area contributed by atoms with Crippen molar-refractivity contribution in [3.63, 3.8) is 0 Å². The van der Waals surface area contributed by atoms with Gasteiger partial charge >= 0.3 is 0 Å². The third-order valence-electron chi connectivity index (χ3n) is 5.10. The Morgan fingerprint density at radius 3 is 1.54 bits per heavy atom. The van der Waals surface area contributed by atoms with E-state index in [1.165, 1.54) is 16.7 Å². The number of nitrogens with zero attached hydrogens (tertiary/aromatic N) is 1. The van der Waals surface area contributed by atoms with Crippen molar-refractivity contribution in [2.75, 3.05) is 19.7 Å². The van der Waals surface area contributed by atoms with Crippen LogP contribution in [0.4, 0.5) is 0 Å². The molecule has 1 fully saturated rings. The molecule has 4 rings (SSSR count). The monoisotopic (exact) mass is 345 g/mol. The minimum atomic E-state index is -0.778. The van der Waals surface area contributed by atoms with Gasteiger partial charge < -0.3 is 9.84 Å². The van der Waals surface area contributed by atoms with Gasteiger partial charge in [0.05, 0.1) is 18.7 Å². The Morgan fingerprint density at radius 2 is 1.15 bits per heavy atom. The molecular formula is C23H23NO2. The molecule has 1 saturated heterocycles. The van der Waals surface area contributed by atoms with Crippen molar-refractivity contribution in [3.8, 4) is 0 Å². The Balaban J connectivity index is 2.00. The number of hydrogen-bond acceptors (Lipinski definition) is 3. The molecule has 3 aromatic carbocycles. The van der Waals surface area contributed by atoms with Crippen molar-refractivity contribution in [2.24, 2.45) is 0 Å². The highest BCUT2D eigenvalue weighted by atomic mass is 16.6. The van der Waals surface area contributed by atoms with Crippen molar-refractivity contribution in [2.45, 2.75) is 11.8 Å². The first kappa shape index (κ1) is 17.0. The Morgan fingerprint density at radius 1 is 0.731 bits per heavy atom. The summed E-state index contributed by atoms with van der Waals surface area (Å²) in [6, 6.07) is 31.6. The van der Waals surface area contributed by atoms with E-state index >= 15 is 0 Å². The fraction of sp³-hybridized carbons (Fsp3) is 0.217. The number of morpholine rings is 1. The van der Waals surface area contributed by atoms with Crippen LogP contribution in [0, 0.1) is 0 Å². The summed E-state index contributed by atoms with van der Waals surface area (Å²) >= 11 is 0. The molecule has 26 heavy (non-hydrogen) atoms. The smallest absolute Gasteiger partial charge is 0.167 e. The molecule has 0 radical (unpaired) electrons. The molecule has 3 nitrogen and oxygen atoms in total. The van der Waals surface area contributed by atoms with E-state index in [0.29, 0.717) is 13.2 Å². The van der Waals surface area contributed by atoms with E-state index in [1.807, 2.05) is 18.2 Å². The van der Waals surface area contributed by atoms with E-state index in [9.17, 15) is 5.11 Å².